The molecule has 8 nitrogen and oxygen atoms in total. The number of nitro groups is 1. The van der Waals surface area contributed by atoms with Crippen LogP contribution in [0.2, 0.25) is 0 Å². The third-order valence-electron chi connectivity index (χ3n) is 5.80. The number of ether oxygens (including phenoxy) is 2. The summed E-state index contributed by atoms with van der Waals surface area (Å²) in [5.41, 5.74) is -3.00. The number of benzene rings is 2. The first-order chi connectivity index (χ1) is 13.3. The molecule has 1 fully saturated rings. The van der Waals surface area contributed by atoms with E-state index >= 15 is 0 Å². The summed E-state index contributed by atoms with van der Waals surface area (Å²) in [6, 6.07) is 12.0. The minimum atomic E-state index is -1.88. The van der Waals surface area contributed by atoms with Crippen molar-refractivity contribution in [3.05, 3.63) is 69.8 Å². The molecular weight excluding hydrogens is 366 g/mol. The van der Waals surface area contributed by atoms with Crippen molar-refractivity contribution >= 4 is 23.4 Å². The predicted molar refractivity (Wildman–Crippen MR) is 94.8 cm³/mol. The van der Waals surface area contributed by atoms with Gasteiger partial charge >= 0.3 is 11.9 Å². The van der Waals surface area contributed by atoms with Gasteiger partial charge in [-0.05, 0) is 13.0 Å². The van der Waals surface area contributed by atoms with E-state index in [1.54, 1.807) is 30.3 Å². The van der Waals surface area contributed by atoms with Gasteiger partial charge in [-0.1, -0.05) is 30.3 Å². The van der Waals surface area contributed by atoms with Crippen molar-refractivity contribution in [1.82, 2.24) is 0 Å². The van der Waals surface area contributed by atoms with Crippen molar-refractivity contribution in [2.24, 2.45) is 10.8 Å². The third kappa shape index (κ3) is 1.97. The highest BCUT2D eigenvalue weighted by molar-refractivity contribution is 6.20. The minimum Gasteiger partial charge on any atom is -0.468 e. The van der Waals surface area contributed by atoms with E-state index in [1.165, 1.54) is 25.1 Å². The van der Waals surface area contributed by atoms with Crippen LogP contribution in [0.3, 0.4) is 0 Å². The monoisotopic (exact) mass is 381 g/mol. The van der Waals surface area contributed by atoms with Crippen LogP contribution in [0.25, 0.3) is 0 Å². The molecule has 0 aromatic heterocycles. The Morgan fingerprint density at radius 2 is 1.86 bits per heavy atom. The topological polar surface area (TPSA) is 113 Å². The number of esters is 2. The fourth-order valence-electron chi connectivity index (χ4n) is 4.42. The van der Waals surface area contributed by atoms with E-state index in [1.807, 2.05) is 0 Å². The standard InChI is InChI=1S/C20H15NO7/c1-19(16(22)11-6-4-3-5-7-11)15-13-10-12(21(25)26)8-9-14(13)28-18(24)20(15,19)17(23)27-2/h3-10,15H,1-2H3. The number of fused-ring (bicyclic) bond motifs is 3. The van der Waals surface area contributed by atoms with Gasteiger partial charge in [0.05, 0.1) is 17.4 Å². The summed E-state index contributed by atoms with van der Waals surface area (Å²) < 4.78 is 10.2. The number of hydrogen-bond acceptors (Lipinski definition) is 7. The van der Waals surface area contributed by atoms with Gasteiger partial charge in [0.15, 0.2) is 11.2 Å². The summed E-state index contributed by atoms with van der Waals surface area (Å²) in [6.45, 7) is 1.50. The second-order valence-corrected chi connectivity index (χ2v) is 7.00. The molecule has 0 bridgehead atoms. The van der Waals surface area contributed by atoms with Crippen molar-refractivity contribution < 1.29 is 28.8 Å². The van der Waals surface area contributed by atoms with Crippen LogP contribution in [-0.4, -0.2) is 29.8 Å². The summed E-state index contributed by atoms with van der Waals surface area (Å²) in [5, 5.41) is 11.2. The normalized spacial score (nSPS) is 27.1. The molecule has 1 heterocycles. The lowest BCUT2D eigenvalue weighted by atomic mass is 9.87. The minimum absolute atomic E-state index is 0.102. The first kappa shape index (κ1) is 17.8. The number of Topliss-reactive ketones (excluding diaryl/α,β-unsaturated/α-hetero) is 1. The van der Waals surface area contributed by atoms with E-state index in [2.05, 4.69) is 0 Å². The second kappa shape index (κ2) is 5.72. The van der Waals surface area contributed by atoms with Crippen molar-refractivity contribution in [2.45, 2.75) is 12.8 Å². The molecular formula is C20H15NO7. The number of carbonyl (C=O) groups is 3. The van der Waals surface area contributed by atoms with E-state index in [4.69, 9.17) is 9.47 Å². The van der Waals surface area contributed by atoms with E-state index in [-0.39, 0.29) is 17.0 Å². The van der Waals surface area contributed by atoms with Crippen LogP contribution in [0.5, 0.6) is 5.75 Å². The van der Waals surface area contributed by atoms with Gasteiger partial charge in [0.2, 0.25) is 0 Å². The molecule has 4 rings (SSSR count). The Balaban J connectivity index is 1.94. The smallest absolute Gasteiger partial charge is 0.330 e. The van der Waals surface area contributed by atoms with Crippen LogP contribution >= 0.6 is 0 Å². The van der Waals surface area contributed by atoms with Crippen LogP contribution in [0, 0.1) is 20.9 Å². The number of rotatable bonds is 4. The molecule has 8 heteroatoms. The molecule has 28 heavy (non-hydrogen) atoms. The zero-order valence-electron chi connectivity index (χ0n) is 15.0. The first-order valence-electron chi connectivity index (χ1n) is 8.49. The van der Waals surface area contributed by atoms with Crippen molar-refractivity contribution in [1.29, 1.82) is 0 Å². The lowest BCUT2D eigenvalue weighted by Crippen LogP contribution is -2.39. The molecule has 0 N–H and O–H groups in total. The number of hydrogen-bond donors (Lipinski definition) is 0. The number of ketones is 1. The van der Waals surface area contributed by atoms with Gasteiger partial charge in [0.1, 0.15) is 5.75 Å². The fraction of sp³-hybridized carbons (Fsp3) is 0.250. The number of carbonyl (C=O) groups excluding carboxylic acids is 3. The lowest BCUT2D eigenvalue weighted by molar-refractivity contribution is -0.385. The number of methoxy groups -OCH3 is 1. The maximum absolute atomic E-state index is 13.3. The molecule has 1 saturated carbocycles. The van der Waals surface area contributed by atoms with Crippen LogP contribution in [-0.2, 0) is 14.3 Å². The average Bonchev–Trinajstić information content (AvgIpc) is 3.30. The molecule has 2 aliphatic rings. The molecule has 0 radical (unpaired) electrons. The summed E-state index contributed by atoms with van der Waals surface area (Å²) in [7, 11) is 1.12. The van der Waals surface area contributed by atoms with Gasteiger partial charge in [-0.3, -0.25) is 24.5 Å². The van der Waals surface area contributed by atoms with Crippen LogP contribution in [0.15, 0.2) is 48.5 Å². The largest absolute Gasteiger partial charge is 0.468 e. The van der Waals surface area contributed by atoms with Gasteiger partial charge in [-0.25, -0.2) is 0 Å². The zero-order valence-corrected chi connectivity index (χ0v) is 15.0. The lowest BCUT2D eigenvalue weighted by Gasteiger charge is -2.21. The summed E-state index contributed by atoms with van der Waals surface area (Å²) in [6.07, 6.45) is 0. The van der Waals surface area contributed by atoms with E-state index in [0.29, 0.717) is 5.56 Å². The Hall–Kier alpha value is -3.55. The molecule has 0 saturated heterocycles. The van der Waals surface area contributed by atoms with Gasteiger partial charge in [-0.15, -0.1) is 0 Å². The SMILES string of the molecule is COC(=O)C12C(=O)Oc3ccc([N+](=O)[O-])cc3C1C2(C)C(=O)c1ccccc1. The Morgan fingerprint density at radius 1 is 1.18 bits per heavy atom. The third-order valence-corrected chi connectivity index (χ3v) is 5.80. The fourth-order valence-corrected chi connectivity index (χ4v) is 4.42. The quantitative estimate of drug-likeness (QED) is 0.200. The van der Waals surface area contributed by atoms with Gasteiger partial charge in [0.25, 0.3) is 5.69 Å². The molecule has 0 spiro atoms. The molecule has 3 atom stereocenters. The van der Waals surface area contributed by atoms with Crippen molar-refractivity contribution in [3.8, 4) is 5.75 Å². The number of non-ortho nitro benzene ring substituents is 1. The molecule has 1 aliphatic carbocycles. The molecule has 0 amide bonds. The Labute approximate surface area is 159 Å². The summed E-state index contributed by atoms with van der Waals surface area (Å²) in [4.78, 5) is 49.5. The first-order valence-corrected chi connectivity index (χ1v) is 8.49. The predicted octanol–water partition coefficient (Wildman–Crippen LogP) is 2.66. The molecule has 1 aliphatic heterocycles. The zero-order chi connectivity index (χ0) is 20.3. The van der Waals surface area contributed by atoms with Crippen molar-refractivity contribution in [2.75, 3.05) is 7.11 Å². The highest BCUT2D eigenvalue weighted by Crippen LogP contribution is 2.78. The Bertz CT molecular complexity index is 1050. The molecule has 2 aromatic carbocycles. The summed E-state index contributed by atoms with van der Waals surface area (Å²) >= 11 is 0. The maximum atomic E-state index is 13.3. The maximum Gasteiger partial charge on any atom is 0.330 e. The summed E-state index contributed by atoms with van der Waals surface area (Å²) in [5.74, 6) is -3.04. The van der Waals surface area contributed by atoms with E-state index in [9.17, 15) is 24.5 Å². The highest BCUT2D eigenvalue weighted by atomic mass is 16.6. The molecule has 142 valence electrons. The van der Waals surface area contributed by atoms with E-state index < -0.39 is 39.4 Å². The van der Waals surface area contributed by atoms with Crippen LogP contribution in [0.1, 0.15) is 28.8 Å². The Kier molecular flexibility index (Phi) is 3.65. The Morgan fingerprint density at radius 3 is 2.46 bits per heavy atom. The second-order valence-electron chi connectivity index (χ2n) is 7.00. The van der Waals surface area contributed by atoms with E-state index in [0.717, 1.165) is 7.11 Å². The van der Waals surface area contributed by atoms with Gasteiger partial charge < -0.3 is 9.47 Å². The number of nitro benzene ring substituents is 1. The average molecular weight is 381 g/mol. The van der Waals surface area contributed by atoms with Gasteiger partial charge in [0, 0.05) is 29.2 Å². The van der Waals surface area contributed by atoms with Crippen LogP contribution < -0.4 is 4.74 Å². The van der Waals surface area contributed by atoms with Crippen molar-refractivity contribution in [3.63, 3.8) is 0 Å². The molecule has 2 aromatic rings. The highest BCUT2D eigenvalue weighted by Gasteiger charge is 2.89. The van der Waals surface area contributed by atoms with Crippen LogP contribution in [0.4, 0.5) is 5.69 Å². The molecule has 3 unspecified atom stereocenters. The van der Waals surface area contributed by atoms with Gasteiger partial charge in [-0.2, -0.15) is 0 Å². The number of nitrogens with zero attached hydrogens (tertiary/aromatic N) is 1.